The average molecular weight is 162 g/mol. The molecule has 0 bridgehead atoms. The van der Waals surface area contributed by atoms with Gasteiger partial charge >= 0.3 is 0 Å². The van der Waals surface area contributed by atoms with E-state index in [0.717, 1.165) is 0 Å². The Morgan fingerprint density at radius 1 is 1.40 bits per heavy atom. The summed E-state index contributed by atoms with van der Waals surface area (Å²) in [6, 6.07) is 0. The zero-order chi connectivity index (χ0) is 7.94. The molecule has 60 valence electrons. The highest BCUT2D eigenvalue weighted by atomic mass is 32.2. The molecular weight excluding hydrogens is 148 g/mol. The van der Waals surface area contributed by atoms with E-state index in [-0.39, 0.29) is 5.25 Å². The van der Waals surface area contributed by atoms with Crippen molar-refractivity contribution in [1.82, 2.24) is 0 Å². The van der Waals surface area contributed by atoms with Gasteiger partial charge in [0.2, 0.25) is 0 Å². The summed E-state index contributed by atoms with van der Waals surface area (Å²) < 4.78 is 21.9. The first-order chi connectivity index (χ1) is 4.45. The van der Waals surface area contributed by atoms with Crippen LogP contribution in [0.4, 0.5) is 0 Å². The second kappa shape index (κ2) is 2.22. The second-order valence-corrected chi connectivity index (χ2v) is 5.85. The minimum atomic E-state index is -2.65. The highest BCUT2D eigenvalue weighted by molar-refractivity contribution is 7.93. The van der Waals surface area contributed by atoms with Crippen molar-refractivity contribution < 1.29 is 8.42 Å². The van der Waals surface area contributed by atoms with Gasteiger partial charge in [-0.2, -0.15) is 0 Å². The monoisotopic (exact) mass is 162 g/mol. The summed E-state index contributed by atoms with van der Waals surface area (Å²) >= 11 is 0. The third-order valence-electron chi connectivity index (χ3n) is 2.45. The molecule has 0 amide bonds. The van der Waals surface area contributed by atoms with Crippen LogP contribution in [0.15, 0.2) is 0 Å². The summed E-state index contributed by atoms with van der Waals surface area (Å²) in [5.74, 6) is 1.33. The van der Waals surface area contributed by atoms with Crippen LogP contribution < -0.4 is 0 Å². The molecule has 0 aromatic heterocycles. The molecule has 3 heteroatoms. The molecule has 1 rings (SSSR count). The maximum atomic E-state index is 10.9. The first kappa shape index (κ1) is 8.05. The highest BCUT2D eigenvalue weighted by Gasteiger charge is 2.43. The SMILES string of the molecule is CC(C)C1CS(=O)(=O)C1C. The van der Waals surface area contributed by atoms with Gasteiger partial charge in [0.05, 0.1) is 11.0 Å². The van der Waals surface area contributed by atoms with Crippen molar-refractivity contribution in [2.24, 2.45) is 11.8 Å². The molecular formula is C7H14O2S. The Bertz CT molecular complexity index is 216. The van der Waals surface area contributed by atoms with E-state index in [1.807, 2.05) is 6.92 Å². The van der Waals surface area contributed by atoms with E-state index in [1.54, 1.807) is 0 Å². The van der Waals surface area contributed by atoms with E-state index in [2.05, 4.69) is 13.8 Å². The van der Waals surface area contributed by atoms with Crippen molar-refractivity contribution >= 4 is 9.84 Å². The van der Waals surface area contributed by atoms with E-state index < -0.39 is 9.84 Å². The van der Waals surface area contributed by atoms with E-state index in [0.29, 0.717) is 17.6 Å². The summed E-state index contributed by atoms with van der Waals surface area (Å²) in [6.45, 7) is 5.97. The molecule has 0 spiro atoms. The first-order valence-corrected chi connectivity index (χ1v) is 5.38. The number of rotatable bonds is 1. The van der Waals surface area contributed by atoms with Crippen LogP contribution in [-0.4, -0.2) is 19.4 Å². The van der Waals surface area contributed by atoms with E-state index >= 15 is 0 Å². The first-order valence-electron chi connectivity index (χ1n) is 3.66. The quantitative estimate of drug-likeness (QED) is 0.578. The lowest BCUT2D eigenvalue weighted by Gasteiger charge is -2.36. The van der Waals surface area contributed by atoms with Crippen LogP contribution in [0.1, 0.15) is 20.8 Å². The molecule has 0 aliphatic carbocycles. The van der Waals surface area contributed by atoms with Crippen LogP contribution in [0.2, 0.25) is 0 Å². The summed E-state index contributed by atoms with van der Waals surface area (Å²) in [5, 5.41) is -0.0903. The Hall–Kier alpha value is -0.0500. The Balaban J connectivity index is 2.64. The lowest BCUT2D eigenvalue weighted by molar-refractivity contribution is 0.364. The lowest BCUT2D eigenvalue weighted by atomic mass is 9.94. The van der Waals surface area contributed by atoms with Gasteiger partial charge in [0.15, 0.2) is 9.84 Å². The summed E-state index contributed by atoms with van der Waals surface area (Å²) in [4.78, 5) is 0. The molecule has 1 fully saturated rings. The number of hydrogen-bond donors (Lipinski definition) is 0. The molecule has 2 nitrogen and oxygen atoms in total. The Morgan fingerprint density at radius 3 is 2.00 bits per heavy atom. The molecule has 10 heavy (non-hydrogen) atoms. The summed E-state index contributed by atoms with van der Waals surface area (Å²) in [6.07, 6.45) is 0. The van der Waals surface area contributed by atoms with Gasteiger partial charge in [-0.25, -0.2) is 8.42 Å². The number of sulfone groups is 1. The average Bonchev–Trinajstić information content (AvgIpc) is 1.82. The molecule has 1 aliphatic rings. The van der Waals surface area contributed by atoms with E-state index in [4.69, 9.17) is 0 Å². The predicted molar refractivity (Wildman–Crippen MR) is 41.6 cm³/mol. The molecule has 0 aromatic rings. The lowest BCUT2D eigenvalue weighted by Crippen LogP contribution is -2.47. The fourth-order valence-electron chi connectivity index (χ4n) is 1.43. The van der Waals surface area contributed by atoms with Crippen molar-refractivity contribution in [3.8, 4) is 0 Å². The van der Waals surface area contributed by atoms with Crippen molar-refractivity contribution in [2.45, 2.75) is 26.0 Å². The molecule has 0 saturated carbocycles. The Kier molecular flexibility index (Phi) is 1.79. The zero-order valence-corrected chi connectivity index (χ0v) is 7.48. The van der Waals surface area contributed by atoms with Gasteiger partial charge < -0.3 is 0 Å². The van der Waals surface area contributed by atoms with Gasteiger partial charge in [0.25, 0.3) is 0 Å². The van der Waals surface area contributed by atoms with Gasteiger partial charge in [-0.3, -0.25) is 0 Å². The molecule has 1 saturated heterocycles. The Morgan fingerprint density at radius 2 is 1.90 bits per heavy atom. The standard InChI is InChI=1S/C7H14O2S/c1-5(2)7-4-10(8,9)6(7)3/h5-7H,4H2,1-3H3. The maximum Gasteiger partial charge on any atom is 0.153 e. The summed E-state index contributed by atoms with van der Waals surface area (Å²) in [5.41, 5.74) is 0. The minimum Gasteiger partial charge on any atom is -0.229 e. The van der Waals surface area contributed by atoms with Crippen LogP contribution in [0.3, 0.4) is 0 Å². The van der Waals surface area contributed by atoms with Crippen LogP contribution >= 0.6 is 0 Å². The number of hydrogen-bond acceptors (Lipinski definition) is 2. The third-order valence-corrected chi connectivity index (χ3v) is 4.78. The van der Waals surface area contributed by atoms with Crippen LogP contribution in [0.5, 0.6) is 0 Å². The second-order valence-electron chi connectivity index (χ2n) is 3.44. The van der Waals surface area contributed by atoms with Crippen molar-refractivity contribution in [2.75, 3.05) is 5.75 Å². The molecule has 2 atom stereocenters. The summed E-state index contributed by atoms with van der Waals surface area (Å²) in [7, 11) is -2.65. The van der Waals surface area contributed by atoms with Crippen molar-refractivity contribution in [3.05, 3.63) is 0 Å². The van der Waals surface area contributed by atoms with Crippen molar-refractivity contribution in [3.63, 3.8) is 0 Å². The van der Waals surface area contributed by atoms with E-state index in [1.165, 1.54) is 0 Å². The molecule has 1 aliphatic heterocycles. The Labute approximate surface area is 62.5 Å². The largest absolute Gasteiger partial charge is 0.229 e. The van der Waals surface area contributed by atoms with E-state index in [9.17, 15) is 8.42 Å². The third kappa shape index (κ3) is 1.07. The molecule has 0 N–H and O–H groups in total. The van der Waals surface area contributed by atoms with Gasteiger partial charge in [-0.05, 0) is 18.8 Å². The fourth-order valence-corrected chi connectivity index (χ4v) is 3.53. The highest BCUT2D eigenvalue weighted by Crippen LogP contribution is 2.33. The fraction of sp³-hybridized carbons (Fsp3) is 1.00. The molecule has 0 radical (unpaired) electrons. The molecule has 1 heterocycles. The predicted octanol–water partition coefficient (Wildman–Crippen LogP) is 1.08. The maximum absolute atomic E-state index is 10.9. The van der Waals surface area contributed by atoms with Gasteiger partial charge in [0.1, 0.15) is 0 Å². The smallest absolute Gasteiger partial charge is 0.153 e. The van der Waals surface area contributed by atoms with Crippen LogP contribution in [0.25, 0.3) is 0 Å². The molecule has 0 aromatic carbocycles. The minimum absolute atomic E-state index is 0.0903. The zero-order valence-electron chi connectivity index (χ0n) is 6.66. The molecule has 2 unspecified atom stereocenters. The topological polar surface area (TPSA) is 34.1 Å². The van der Waals surface area contributed by atoms with Gasteiger partial charge in [-0.1, -0.05) is 13.8 Å². The van der Waals surface area contributed by atoms with Gasteiger partial charge in [-0.15, -0.1) is 0 Å². The normalized spacial score (nSPS) is 37.6. The van der Waals surface area contributed by atoms with Gasteiger partial charge in [0, 0.05) is 0 Å². The van der Waals surface area contributed by atoms with Crippen LogP contribution in [0, 0.1) is 11.8 Å². The van der Waals surface area contributed by atoms with Crippen LogP contribution in [-0.2, 0) is 9.84 Å². The van der Waals surface area contributed by atoms with Crippen molar-refractivity contribution in [1.29, 1.82) is 0 Å².